The lowest BCUT2D eigenvalue weighted by Gasteiger charge is -2.45. The summed E-state index contributed by atoms with van der Waals surface area (Å²) in [7, 11) is 0. The van der Waals surface area contributed by atoms with Gasteiger partial charge in [0.05, 0.1) is 11.4 Å². The second-order valence-corrected chi connectivity index (χ2v) is 5.44. The van der Waals surface area contributed by atoms with Gasteiger partial charge in [0, 0.05) is 31.4 Å². The Bertz CT molecular complexity index is 432. The number of hydrogen-bond donors (Lipinski definition) is 2. The first-order chi connectivity index (χ1) is 8.74. The van der Waals surface area contributed by atoms with E-state index in [-0.39, 0.29) is 0 Å². The molecule has 1 aromatic rings. The summed E-state index contributed by atoms with van der Waals surface area (Å²) in [4.78, 5) is 5.09. The molecule has 2 aliphatic rings. The van der Waals surface area contributed by atoms with Crippen LogP contribution < -0.4 is 16.4 Å². The topological polar surface area (TPSA) is 58.5 Å². The Morgan fingerprint density at radius 1 is 1.00 bits per heavy atom. The summed E-state index contributed by atoms with van der Waals surface area (Å²) in [6, 6.07) is 6.74. The molecule has 2 heterocycles. The number of rotatable bonds is 1. The van der Waals surface area contributed by atoms with Crippen LogP contribution in [0, 0.1) is 0 Å². The molecule has 4 N–H and O–H groups in total. The van der Waals surface area contributed by atoms with E-state index in [2.05, 4.69) is 15.9 Å². The highest BCUT2D eigenvalue weighted by atomic mass is 15.3. The number of anilines is 3. The van der Waals surface area contributed by atoms with Crippen LogP contribution >= 0.6 is 0 Å². The third-order valence-corrected chi connectivity index (χ3v) is 4.27. The zero-order valence-electron chi connectivity index (χ0n) is 10.8. The van der Waals surface area contributed by atoms with Gasteiger partial charge in [-0.25, -0.2) is 0 Å². The molecule has 0 saturated carbocycles. The minimum atomic E-state index is 0.676. The summed E-state index contributed by atoms with van der Waals surface area (Å²) in [5.74, 6) is 0. The summed E-state index contributed by atoms with van der Waals surface area (Å²) in [6.07, 6.45) is 4.07. The van der Waals surface area contributed by atoms with Crippen molar-refractivity contribution in [1.82, 2.24) is 4.90 Å². The predicted octanol–water partition coefficient (Wildman–Crippen LogP) is 1.53. The summed E-state index contributed by atoms with van der Waals surface area (Å²) >= 11 is 0. The SMILES string of the molecule is Nc1ccc(N2CCN3CCCCC3C2)cc1N. The molecular formula is C14H22N4. The average molecular weight is 246 g/mol. The standard InChI is InChI=1S/C14H22N4/c15-13-5-4-11(9-14(13)16)18-8-7-17-6-2-1-3-12(17)10-18/h4-5,9,12H,1-3,6-8,10,15-16H2. The molecule has 0 amide bonds. The smallest absolute Gasteiger partial charge is 0.0568 e. The monoisotopic (exact) mass is 246 g/mol. The number of nitrogens with zero attached hydrogens (tertiary/aromatic N) is 2. The van der Waals surface area contributed by atoms with Crippen molar-refractivity contribution >= 4 is 17.1 Å². The molecule has 2 aliphatic heterocycles. The van der Waals surface area contributed by atoms with Crippen molar-refractivity contribution in [2.45, 2.75) is 25.3 Å². The van der Waals surface area contributed by atoms with Gasteiger partial charge < -0.3 is 16.4 Å². The Morgan fingerprint density at radius 3 is 2.72 bits per heavy atom. The fraction of sp³-hybridized carbons (Fsp3) is 0.571. The summed E-state index contributed by atoms with van der Waals surface area (Å²) in [5, 5.41) is 0. The molecule has 3 rings (SSSR count). The minimum Gasteiger partial charge on any atom is -0.397 e. The lowest BCUT2D eigenvalue weighted by molar-refractivity contribution is 0.133. The van der Waals surface area contributed by atoms with Crippen LogP contribution in [0.3, 0.4) is 0 Å². The first-order valence-corrected chi connectivity index (χ1v) is 6.88. The maximum atomic E-state index is 5.90. The van der Waals surface area contributed by atoms with Crippen LogP contribution in [0.25, 0.3) is 0 Å². The van der Waals surface area contributed by atoms with Gasteiger partial charge in [-0.05, 0) is 37.6 Å². The predicted molar refractivity (Wildman–Crippen MR) is 76.7 cm³/mol. The molecule has 98 valence electrons. The van der Waals surface area contributed by atoms with Crippen molar-refractivity contribution in [3.63, 3.8) is 0 Å². The fourth-order valence-corrected chi connectivity index (χ4v) is 3.15. The van der Waals surface area contributed by atoms with Crippen molar-refractivity contribution in [2.24, 2.45) is 0 Å². The van der Waals surface area contributed by atoms with Crippen molar-refractivity contribution in [3.8, 4) is 0 Å². The van der Waals surface area contributed by atoms with E-state index in [1.807, 2.05) is 12.1 Å². The number of nitrogen functional groups attached to an aromatic ring is 2. The van der Waals surface area contributed by atoms with Crippen LogP contribution in [0.4, 0.5) is 17.1 Å². The number of piperazine rings is 1. The van der Waals surface area contributed by atoms with E-state index < -0.39 is 0 Å². The van der Waals surface area contributed by atoms with E-state index in [4.69, 9.17) is 11.5 Å². The molecule has 18 heavy (non-hydrogen) atoms. The number of fused-ring (bicyclic) bond motifs is 1. The first kappa shape index (κ1) is 11.7. The maximum Gasteiger partial charge on any atom is 0.0568 e. The number of benzene rings is 1. The highest BCUT2D eigenvalue weighted by Gasteiger charge is 2.28. The molecule has 2 saturated heterocycles. The second kappa shape index (κ2) is 4.69. The van der Waals surface area contributed by atoms with Crippen LogP contribution in [0.2, 0.25) is 0 Å². The van der Waals surface area contributed by atoms with E-state index in [0.717, 1.165) is 19.1 Å². The fourth-order valence-electron chi connectivity index (χ4n) is 3.15. The van der Waals surface area contributed by atoms with Gasteiger partial charge in [0.2, 0.25) is 0 Å². The summed E-state index contributed by atoms with van der Waals surface area (Å²) in [5.41, 5.74) is 14.3. The molecule has 1 aromatic carbocycles. The molecule has 0 aromatic heterocycles. The van der Waals surface area contributed by atoms with Crippen molar-refractivity contribution < 1.29 is 0 Å². The third-order valence-electron chi connectivity index (χ3n) is 4.27. The molecule has 1 unspecified atom stereocenters. The lowest BCUT2D eigenvalue weighted by Crippen LogP contribution is -2.54. The Morgan fingerprint density at radius 2 is 1.89 bits per heavy atom. The van der Waals surface area contributed by atoms with Crippen LogP contribution in [0.5, 0.6) is 0 Å². The van der Waals surface area contributed by atoms with Gasteiger partial charge in [0.25, 0.3) is 0 Å². The van der Waals surface area contributed by atoms with Crippen molar-refractivity contribution in [1.29, 1.82) is 0 Å². The Kier molecular flexibility index (Phi) is 3.04. The molecule has 4 heteroatoms. The highest BCUT2D eigenvalue weighted by Crippen LogP contribution is 2.27. The molecule has 2 fully saturated rings. The van der Waals surface area contributed by atoms with Crippen LogP contribution in [0.1, 0.15) is 19.3 Å². The number of nitrogens with two attached hydrogens (primary N) is 2. The van der Waals surface area contributed by atoms with Gasteiger partial charge in [0.15, 0.2) is 0 Å². The van der Waals surface area contributed by atoms with Crippen LogP contribution in [0.15, 0.2) is 18.2 Å². The average Bonchev–Trinajstić information content (AvgIpc) is 2.41. The van der Waals surface area contributed by atoms with E-state index in [9.17, 15) is 0 Å². The van der Waals surface area contributed by atoms with E-state index in [1.54, 1.807) is 0 Å². The van der Waals surface area contributed by atoms with Crippen LogP contribution in [-0.2, 0) is 0 Å². The second-order valence-electron chi connectivity index (χ2n) is 5.44. The Balaban J connectivity index is 1.75. The quantitative estimate of drug-likeness (QED) is 0.738. The zero-order valence-corrected chi connectivity index (χ0v) is 10.8. The van der Waals surface area contributed by atoms with Gasteiger partial charge in [-0.2, -0.15) is 0 Å². The molecule has 0 aliphatic carbocycles. The summed E-state index contributed by atoms with van der Waals surface area (Å²) in [6.45, 7) is 4.68. The number of piperidine rings is 1. The summed E-state index contributed by atoms with van der Waals surface area (Å²) < 4.78 is 0. The highest BCUT2D eigenvalue weighted by molar-refractivity contribution is 5.70. The molecule has 0 bridgehead atoms. The largest absolute Gasteiger partial charge is 0.397 e. The van der Waals surface area contributed by atoms with Gasteiger partial charge in [-0.3, -0.25) is 4.90 Å². The first-order valence-electron chi connectivity index (χ1n) is 6.88. The van der Waals surface area contributed by atoms with Gasteiger partial charge >= 0.3 is 0 Å². The van der Waals surface area contributed by atoms with Gasteiger partial charge in [0.1, 0.15) is 0 Å². The molecule has 4 nitrogen and oxygen atoms in total. The number of hydrogen-bond acceptors (Lipinski definition) is 4. The normalized spacial score (nSPS) is 24.9. The zero-order chi connectivity index (χ0) is 12.5. The van der Waals surface area contributed by atoms with E-state index in [0.29, 0.717) is 11.4 Å². The maximum absolute atomic E-state index is 5.90. The third kappa shape index (κ3) is 2.12. The van der Waals surface area contributed by atoms with Crippen LogP contribution in [-0.4, -0.2) is 37.1 Å². The Labute approximate surface area is 109 Å². The van der Waals surface area contributed by atoms with Gasteiger partial charge in [-0.1, -0.05) is 6.42 Å². The lowest BCUT2D eigenvalue weighted by atomic mass is 9.99. The molecular weight excluding hydrogens is 224 g/mol. The van der Waals surface area contributed by atoms with Crippen molar-refractivity contribution in [3.05, 3.63) is 18.2 Å². The van der Waals surface area contributed by atoms with E-state index in [1.165, 1.54) is 38.0 Å². The molecule has 0 spiro atoms. The Hall–Kier alpha value is -1.42. The molecule has 1 atom stereocenters. The van der Waals surface area contributed by atoms with Gasteiger partial charge in [-0.15, -0.1) is 0 Å². The minimum absolute atomic E-state index is 0.676. The van der Waals surface area contributed by atoms with Crippen molar-refractivity contribution in [2.75, 3.05) is 42.5 Å². The molecule has 0 radical (unpaired) electrons. The van der Waals surface area contributed by atoms with E-state index >= 15 is 0 Å².